The maximum absolute atomic E-state index is 6.35. The van der Waals surface area contributed by atoms with Crippen LogP contribution in [0.1, 0.15) is 30.7 Å². The molecule has 2 aromatic heterocycles. The van der Waals surface area contributed by atoms with Crippen molar-refractivity contribution in [2.24, 2.45) is 0 Å². The minimum Gasteiger partial charge on any atom is -0.382 e. The Morgan fingerprint density at radius 3 is 2.81 bits per heavy atom. The number of nitrogen functional groups attached to an aromatic ring is 1. The highest BCUT2D eigenvalue weighted by atomic mass is 16.7. The van der Waals surface area contributed by atoms with Crippen LogP contribution in [-0.4, -0.2) is 43.9 Å². The molecular weight excluding hydrogens is 346 g/mol. The predicted octanol–water partition coefficient (Wildman–Crippen LogP) is 2.00. The second kappa shape index (κ2) is 5.48. The number of fused-ring (bicyclic) bond motifs is 1. The van der Waals surface area contributed by atoms with E-state index in [4.69, 9.17) is 19.9 Å². The van der Waals surface area contributed by atoms with Crippen LogP contribution in [0.25, 0.3) is 11.2 Å². The number of nitrogens with zero attached hydrogens (tertiary/aromatic N) is 4. The van der Waals surface area contributed by atoms with Crippen LogP contribution in [-0.2, 0) is 14.2 Å². The van der Waals surface area contributed by atoms with E-state index in [0.29, 0.717) is 17.9 Å². The van der Waals surface area contributed by atoms with Crippen LogP contribution in [0.15, 0.2) is 43.0 Å². The van der Waals surface area contributed by atoms with Gasteiger partial charge in [-0.05, 0) is 6.42 Å². The van der Waals surface area contributed by atoms with Gasteiger partial charge in [0.15, 0.2) is 17.8 Å². The Bertz CT molecular complexity index is 1010. The summed E-state index contributed by atoms with van der Waals surface area (Å²) in [5.74, 6) is 0.390. The summed E-state index contributed by atoms with van der Waals surface area (Å²) in [6, 6.07) is 10.1. The van der Waals surface area contributed by atoms with Crippen LogP contribution in [0, 0.1) is 0 Å². The van der Waals surface area contributed by atoms with E-state index >= 15 is 0 Å². The van der Waals surface area contributed by atoms with E-state index in [2.05, 4.69) is 15.0 Å². The number of anilines is 1. The predicted molar refractivity (Wildman–Crippen MR) is 95.6 cm³/mol. The summed E-state index contributed by atoms with van der Waals surface area (Å²) in [6.45, 7) is 0.574. The van der Waals surface area contributed by atoms with Crippen LogP contribution in [0.3, 0.4) is 0 Å². The second-order valence-corrected chi connectivity index (χ2v) is 7.43. The summed E-state index contributed by atoms with van der Waals surface area (Å²) in [6.07, 6.45) is 4.65. The number of aromatic nitrogens is 4. The minimum atomic E-state index is -0.350. The monoisotopic (exact) mass is 365 g/mol. The normalized spacial score (nSPS) is 34.8. The van der Waals surface area contributed by atoms with Gasteiger partial charge < -0.3 is 24.5 Å². The average Bonchev–Trinajstić information content (AvgIpc) is 3.25. The zero-order valence-corrected chi connectivity index (χ0v) is 14.6. The molecule has 6 rings (SSSR count). The van der Waals surface area contributed by atoms with Crippen molar-refractivity contribution in [3.8, 4) is 0 Å². The highest BCUT2D eigenvalue weighted by Crippen LogP contribution is 2.57. The van der Waals surface area contributed by atoms with Crippen LogP contribution in [0.4, 0.5) is 5.82 Å². The van der Waals surface area contributed by atoms with Crippen molar-refractivity contribution in [3.05, 3.63) is 48.5 Å². The van der Waals surface area contributed by atoms with Gasteiger partial charge in [-0.15, -0.1) is 0 Å². The molecule has 1 aliphatic carbocycles. The first-order chi connectivity index (χ1) is 13.2. The van der Waals surface area contributed by atoms with Gasteiger partial charge in [0.2, 0.25) is 0 Å². The third-order valence-electron chi connectivity index (χ3n) is 5.89. The number of imidazole rings is 1. The standard InChI is InChI=1S/C19H19N5O3/c20-16-15-17(22-9-21-16)24(10-23-15)12-6-13-19(25-8-12)7-14(19)27-18(26-13)11-4-2-1-3-5-11/h1-5,9-10,12-14,18H,6-8H2,(H2,20,21,22)/t12-,13?,14+,18-,19?/m0/s1. The Hall–Kier alpha value is -2.55. The molecule has 2 saturated heterocycles. The number of rotatable bonds is 2. The molecule has 8 nitrogen and oxygen atoms in total. The fraction of sp³-hybridized carbons (Fsp3) is 0.421. The quantitative estimate of drug-likeness (QED) is 0.742. The number of ether oxygens (including phenoxy) is 3. The van der Waals surface area contributed by atoms with E-state index in [9.17, 15) is 0 Å². The third kappa shape index (κ3) is 2.24. The van der Waals surface area contributed by atoms with Crippen LogP contribution in [0.5, 0.6) is 0 Å². The van der Waals surface area contributed by atoms with Crippen molar-refractivity contribution >= 4 is 17.0 Å². The fourth-order valence-electron chi connectivity index (χ4n) is 4.34. The topological polar surface area (TPSA) is 97.3 Å². The van der Waals surface area contributed by atoms with Crippen molar-refractivity contribution in [3.63, 3.8) is 0 Å². The minimum absolute atomic E-state index is 0.0307. The molecule has 1 saturated carbocycles. The van der Waals surface area contributed by atoms with E-state index < -0.39 is 0 Å². The second-order valence-electron chi connectivity index (χ2n) is 7.43. The Labute approximate surface area is 155 Å². The van der Waals surface area contributed by atoms with Gasteiger partial charge in [0.05, 0.1) is 31.2 Å². The molecule has 1 aromatic carbocycles. The zero-order chi connectivity index (χ0) is 18.0. The van der Waals surface area contributed by atoms with Crippen molar-refractivity contribution in [2.75, 3.05) is 12.3 Å². The summed E-state index contributed by atoms with van der Waals surface area (Å²) in [5, 5.41) is 0. The Morgan fingerprint density at radius 2 is 1.93 bits per heavy atom. The lowest BCUT2D eigenvalue weighted by Gasteiger charge is -2.42. The molecule has 138 valence electrons. The average molecular weight is 365 g/mol. The molecule has 5 atom stereocenters. The van der Waals surface area contributed by atoms with Gasteiger partial charge in [-0.25, -0.2) is 15.0 Å². The van der Waals surface area contributed by atoms with Crippen LogP contribution >= 0.6 is 0 Å². The summed E-state index contributed by atoms with van der Waals surface area (Å²) < 4.78 is 20.8. The van der Waals surface area contributed by atoms with Gasteiger partial charge >= 0.3 is 0 Å². The SMILES string of the molecule is Nc1ncnc2c1ncn2[C@@H]1COC23C[C@H]2O[C@@H](c2ccccc2)OC3C1. The molecule has 3 fully saturated rings. The molecule has 0 amide bonds. The maximum Gasteiger partial charge on any atom is 0.184 e. The highest BCUT2D eigenvalue weighted by molar-refractivity contribution is 5.81. The van der Waals surface area contributed by atoms with Crippen LogP contribution in [0.2, 0.25) is 0 Å². The summed E-state index contributed by atoms with van der Waals surface area (Å²) in [7, 11) is 0. The third-order valence-corrected chi connectivity index (χ3v) is 5.89. The van der Waals surface area contributed by atoms with E-state index in [1.165, 1.54) is 6.33 Å². The summed E-state index contributed by atoms with van der Waals surface area (Å²) >= 11 is 0. The number of nitrogens with two attached hydrogens (primary N) is 1. The number of hydrogen-bond donors (Lipinski definition) is 1. The molecule has 1 spiro atoms. The van der Waals surface area contributed by atoms with Gasteiger partial charge in [0, 0.05) is 12.0 Å². The zero-order valence-electron chi connectivity index (χ0n) is 14.6. The van der Waals surface area contributed by atoms with Crippen molar-refractivity contribution in [1.82, 2.24) is 19.5 Å². The first kappa shape index (κ1) is 15.5. The summed E-state index contributed by atoms with van der Waals surface area (Å²) in [5.41, 5.74) is 8.00. The van der Waals surface area contributed by atoms with Gasteiger partial charge in [-0.3, -0.25) is 0 Å². The number of hydrogen-bond acceptors (Lipinski definition) is 7. The Morgan fingerprint density at radius 1 is 1.07 bits per heavy atom. The molecule has 27 heavy (non-hydrogen) atoms. The lowest BCUT2D eigenvalue weighted by Crippen LogP contribution is -2.49. The lowest BCUT2D eigenvalue weighted by atomic mass is 9.98. The highest BCUT2D eigenvalue weighted by Gasteiger charge is 2.68. The molecule has 0 bridgehead atoms. The molecule has 0 radical (unpaired) electrons. The first-order valence-electron chi connectivity index (χ1n) is 9.17. The van der Waals surface area contributed by atoms with Crippen molar-refractivity contribution in [2.45, 2.75) is 43.0 Å². The van der Waals surface area contributed by atoms with Gasteiger partial charge in [0.1, 0.15) is 17.4 Å². The van der Waals surface area contributed by atoms with Crippen molar-refractivity contribution < 1.29 is 14.2 Å². The van der Waals surface area contributed by atoms with Gasteiger partial charge in [-0.2, -0.15) is 0 Å². The first-order valence-corrected chi connectivity index (χ1v) is 9.17. The maximum atomic E-state index is 6.35. The molecule has 3 aromatic rings. The molecule has 2 N–H and O–H groups in total. The molecule has 2 aliphatic heterocycles. The summed E-state index contributed by atoms with van der Waals surface area (Å²) in [4.78, 5) is 12.8. The Kier molecular flexibility index (Phi) is 3.15. The number of benzene rings is 1. The Balaban J connectivity index is 1.30. The fourth-order valence-corrected chi connectivity index (χ4v) is 4.34. The molecule has 3 aliphatic rings. The van der Waals surface area contributed by atoms with E-state index in [-0.39, 0.29) is 30.1 Å². The lowest BCUT2D eigenvalue weighted by molar-refractivity contribution is -0.285. The van der Waals surface area contributed by atoms with E-state index in [1.807, 2.05) is 34.9 Å². The molecule has 4 heterocycles. The van der Waals surface area contributed by atoms with Gasteiger partial charge in [-0.1, -0.05) is 30.3 Å². The largest absolute Gasteiger partial charge is 0.382 e. The molecule has 2 unspecified atom stereocenters. The van der Waals surface area contributed by atoms with E-state index in [1.54, 1.807) is 6.33 Å². The molecular formula is C19H19N5O3. The van der Waals surface area contributed by atoms with Crippen molar-refractivity contribution in [1.29, 1.82) is 0 Å². The van der Waals surface area contributed by atoms with E-state index in [0.717, 1.165) is 24.1 Å². The van der Waals surface area contributed by atoms with Crippen LogP contribution < -0.4 is 5.73 Å². The molecule has 8 heteroatoms. The van der Waals surface area contributed by atoms with Gasteiger partial charge in [0.25, 0.3) is 0 Å². The smallest absolute Gasteiger partial charge is 0.184 e.